The summed E-state index contributed by atoms with van der Waals surface area (Å²) in [7, 11) is 0. The van der Waals surface area contributed by atoms with Crippen LogP contribution in [0, 0.1) is 0 Å². The Labute approximate surface area is 106 Å². The van der Waals surface area contributed by atoms with Gasteiger partial charge < -0.3 is 15.0 Å². The van der Waals surface area contributed by atoms with Crippen molar-refractivity contribution < 1.29 is 9.26 Å². The molecule has 1 aromatic carbocycles. The summed E-state index contributed by atoms with van der Waals surface area (Å²) in [5, 5.41) is 3.88. The highest BCUT2D eigenvalue weighted by atomic mass is 16.5. The second-order valence-corrected chi connectivity index (χ2v) is 4.13. The molecule has 1 heterocycles. The van der Waals surface area contributed by atoms with Crippen molar-refractivity contribution in [2.24, 2.45) is 5.73 Å². The average molecular weight is 247 g/mol. The second kappa shape index (κ2) is 6.16. The minimum atomic E-state index is 0.188. The fourth-order valence-corrected chi connectivity index (χ4v) is 1.56. The Balaban J connectivity index is 1.91. The first-order chi connectivity index (χ1) is 8.79. The number of ether oxygens (including phenoxy) is 1. The number of para-hydroxylation sites is 1. The Morgan fingerprint density at radius 2 is 2.11 bits per heavy atom. The van der Waals surface area contributed by atoms with Crippen molar-refractivity contribution in [3.8, 4) is 5.75 Å². The highest BCUT2D eigenvalue weighted by molar-refractivity contribution is 5.20. The van der Waals surface area contributed by atoms with Crippen LogP contribution in [0.5, 0.6) is 5.75 Å². The molecule has 96 valence electrons. The lowest BCUT2D eigenvalue weighted by Crippen LogP contribution is -2.05. The Morgan fingerprint density at radius 1 is 1.33 bits per heavy atom. The zero-order chi connectivity index (χ0) is 12.8. The molecule has 0 radical (unpaired) electrons. The van der Waals surface area contributed by atoms with Crippen LogP contribution in [0.25, 0.3) is 0 Å². The summed E-state index contributed by atoms with van der Waals surface area (Å²) in [6.45, 7) is 2.93. The monoisotopic (exact) mass is 247 g/mol. The van der Waals surface area contributed by atoms with Gasteiger partial charge in [0.05, 0.1) is 0 Å². The third-order valence-electron chi connectivity index (χ3n) is 2.62. The maximum Gasteiger partial charge on any atom is 0.229 e. The summed E-state index contributed by atoms with van der Waals surface area (Å²) in [5.74, 6) is 2.15. The highest BCUT2D eigenvalue weighted by Gasteiger charge is 2.13. The predicted octanol–water partition coefficient (Wildman–Crippen LogP) is 2.10. The van der Waals surface area contributed by atoms with Gasteiger partial charge in [0, 0.05) is 5.92 Å². The number of nitrogens with two attached hydrogens (primary N) is 1. The second-order valence-electron chi connectivity index (χ2n) is 4.13. The minimum Gasteiger partial charge on any atom is -0.485 e. The van der Waals surface area contributed by atoms with Crippen LogP contribution in [-0.2, 0) is 6.61 Å². The quantitative estimate of drug-likeness (QED) is 0.846. The highest BCUT2D eigenvalue weighted by Crippen LogP contribution is 2.16. The average Bonchev–Trinajstić information content (AvgIpc) is 2.87. The van der Waals surface area contributed by atoms with Gasteiger partial charge in [0.2, 0.25) is 11.7 Å². The summed E-state index contributed by atoms with van der Waals surface area (Å²) < 4.78 is 10.7. The van der Waals surface area contributed by atoms with E-state index in [4.69, 9.17) is 15.0 Å². The van der Waals surface area contributed by atoms with Crippen LogP contribution in [0.4, 0.5) is 0 Å². The third-order valence-corrected chi connectivity index (χ3v) is 2.62. The van der Waals surface area contributed by atoms with Gasteiger partial charge in [-0.05, 0) is 25.1 Å². The standard InChI is InChI=1S/C13H17N3O2/c1-10(7-8-14)13-15-12(16-18-13)9-17-11-5-3-2-4-6-11/h2-6,10H,7-9,14H2,1H3. The summed E-state index contributed by atoms with van der Waals surface area (Å²) in [6, 6.07) is 9.55. The number of hydrogen-bond acceptors (Lipinski definition) is 5. The van der Waals surface area contributed by atoms with Crippen molar-refractivity contribution in [3.05, 3.63) is 42.0 Å². The first kappa shape index (κ1) is 12.6. The van der Waals surface area contributed by atoms with Crippen molar-refractivity contribution in [1.82, 2.24) is 10.1 Å². The van der Waals surface area contributed by atoms with E-state index in [0.717, 1.165) is 12.2 Å². The zero-order valence-electron chi connectivity index (χ0n) is 10.4. The Morgan fingerprint density at radius 3 is 2.83 bits per heavy atom. The number of benzene rings is 1. The molecule has 0 saturated heterocycles. The summed E-state index contributed by atoms with van der Waals surface area (Å²) in [4.78, 5) is 4.29. The lowest BCUT2D eigenvalue weighted by molar-refractivity contribution is 0.284. The smallest absolute Gasteiger partial charge is 0.229 e. The summed E-state index contributed by atoms with van der Waals surface area (Å²) >= 11 is 0. The normalized spacial score (nSPS) is 12.3. The van der Waals surface area contributed by atoms with E-state index < -0.39 is 0 Å². The topological polar surface area (TPSA) is 74.2 Å². The molecule has 0 aliphatic heterocycles. The van der Waals surface area contributed by atoms with Gasteiger partial charge in [0.25, 0.3) is 0 Å². The van der Waals surface area contributed by atoms with Crippen molar-refractivity contribution in [1.29, 1.82) is 0 Å². The van der Waals surface area contributed by atoms with Gasteiger partial charge in [-0.1, -0.05) is 30.3 Å². The molecule has 2 aromatic rings. The number of rotatable bonds is 6. The minimum absolute atomic E-state index is 0.188. The van der Waals surface area contributed by atoms with Gasteiger partial charge in [0.1, 0.15) is 5.75 Å². The molecule has 5 nitrogen and oxygen atoms in total. The van der Waals surface area contributed by atoms with Gasteiger partial charge in [-0.3, -0.25) is 0 Å². The number of aromatic nitrogens is 2. The molecule has 0 amide bonds. The third kappa shape index (κ3) is 3.30. The van der Waals surface area contributed by atoms with E-state index in [1.165, 1.54) is 0 Å². The van der Waals surface area contributed by atoms with Crippen molar-refractivity contribution in [2.45, 2.75) is 25.9 Å². The van der Waals surface area contributed by atoms with Crippen LogP contribution >= 0.6 is 0 Å². The lowest BCUT2D eigenvalue weighted by atomic mass is 10.1. The Kier molecular flexibility index (Phi) is 4.30. The number of nitrogens with zero attached hydrogens (tertiary/aromatic N) is 2. The van der Waals surface area contributed by atoms with Crippen molar-refractivity contribution in [2.75, 3.05) is 6.54 Å². The molecule has 0 bridgehead atoms. The Bertz CT molecular complexity index is 470. The van der Waals surface area contributed by atoms with Gasteiger partial charge in [-0.15, -0.1) is 0 Å². The van der Waals surface area contributed by atoms with Crippen LogP contribution in [0.1, 0.15) is 31.0 Å². The van der Waals surface area contributed by atoms with E-state index in [2.05, 4.69) is 10.1 Å². The molecule has 1 atom stereocenters. The molecular formula is C13H17N3O2. The van der Waals surface area contributed by atoms with Crippen molar-refractivity contribution in [3.63, 3.8) is 0 Å². The van der Waals surface area contributed by atoms with Crippen LogP contribution in [0.3, 0.4) is 0 Å². The van der Waals surface area contributed by atoms with Gasteiger partial charge in [0.15, 0.2) is 6.61 Å². The molecule has 18 heavy (non-hydrogen) atoms. The van der Waals surface area contributed by atoms with Gasteiger partial charge in [-0.25, -0.2) is 0 Å². The fraction of sp³-hybridized carbons (Fsp3) is 0.385. The van der Waals surface area contributed by atoms with Crippen LogP contribution in [-0.4, -0.2) is 16.7 Å². The summed E-state index contributed by atoms with van der Waals surface area (Å²) in [5.41, 5.74) is 5.49. The van der Waals surface area contributed by atoms with E-state index in [0.29, 0.717) is 24.9 Å². The maximum atomic E-state index is 5.54. The van der Waals surface area contributed by atoms with Crippen LogP contribution in [0.2, 0.25) is 0 Å². The molecule has 0 fully saturated rings. The summed E-state index contributed by atoms with van der Waals surface area (Å²) in [6.07, 6.45) is 0.834. The molecule has 0 spiro atoms. The van der Waals surface area contributed by atoms with Crippen LogP contribution in [0.15, 0.2) is 34.9 Å². The molecular weight excluding hydrogens is 230 g/mol. The molecule has 0 aliphatic carbocycles. The molecule has 0 saturated carbocycles. The van der Waals surface area contributed by atoms with E-state index >= 15 is 0 Å². The zero-order valence-corrected chi connectivity index (χ0v) is 10.4. The maximum absolute atomic E-state index is 5.54. The van der Waals surface area contributed by atoms with Gasteiger partial charge >= 0.3 is 0 Å². The molecule has 0 aliphatic rings. The Hall–Kier alpha value is -1.88. The first-order valence-corrected chi connectivity index (χ1v) is 6.00. The lowest BCUT2D eigenvalue weighted by Gasteiger charge is -2.02. The van der Waals surface area contributed by atoms with Crippen molar-refractivity contribution >= 4 is 0 Å². The molecule has 2 rings (SSSR count). The molecule has 2 N–H and O–H groups in total. The van der Waals surface area contributed by atoms with Crippen LogP contribution < -0.4 is 10.5 Å². The SMILES string of the molecule is CC(CCN)c1nc(COc2ccccc2)no1. The number of hydrogen-bond donors (Lipinski definition) is 1. The van der Waals surface area contributed by atoms with E-state index in [9.17, 15) is 0 Å². The molecule has 1 unspecified atom stereocenters. The molecule has 5 heteroatoms. The predicted molar refractivity (Wildman–Crippen MR) is 67.2 cm³/mol. The fourth-order valence-electron chi connectivity index (χ4n) is 1.56. The van der Waals surface area contributed by atoms with Gasteiger partial charge in [-0.2, -0.15) is 4.98 Å². The van der Waals surface area contributed by atoms with E-state index in [1.807, 2.05) is 37.3 Å². The van der Waals surface area contributed by atoms with E-state index in [1.54, 1.807) is 0 Å². The first-order valence-electron chi connectivity index (χ1n) is 6.00. The largest absolute Gasteiger partial charge is 0.485 e. The molecule has 1 aromatic heterocycles. The van der Waals surface area contributed by atoms with E-state index in [-0.39, 0.29) is 5.92 Å².